The summed E-state index contributed by atoms with van der Waals surface area (Å²) in [5.74, 6) is -0.0239. The van der Waals surface area contributed by atoms with Crippen LogP contribution in [-0.2, 0) is 0 Å². The summed E-state index contributed by atoms with van der Waals surface area (Å²) in [7, 11) is 0. The molecule has 1 amide bonds. The number of rotatable bonds is 2. The van der Waals surface area contributed by atoms with Crippen molar-refractivity contribution in [2.24, 2.45) is 0 Å². The highest BCUT2D eigenvalue weighted by Gasteiger charge is 2.10. The summed E-state index contributed by atoms with van der Waals surface area (Å²) in [6.07, 6.45) is 1.26. The van der Waals surface area contributed by atoms with Gasteiger partial charge in [-0.15, -0.1) is 0 Å². The molecule has 2 aromatic rings. The van der Waals surface area contributed by atoms with Crippen LogP contribution in [0, 0.1) is 13.8 Å². The van der Waals surface area contributed by atoms with Gasteiger partial charge in [0.25, 0.3) is 5.91 Å². The Labute approximate surface area is 91.4 Å². The number of nitrogens with one attached hydrogen (secondary N) is 2. The predicted molar refractivity (Wildman–Crippen MR) is 55.8 cm³/mol. The number of carbonyl (C=O) groups excluding carboxylic acids is 1. The van der Waals surface area contributed by atoms with E-state index in [0.29, 0.717) is 0 Å². The van der Waals surface area contributed by atoms with Gasteiger partial charge in [-0.3, -0.25) is 15.2 Å². The summed E-state index contributed by atoms with van der Waals surface area (Å²) in [4.78, 5) is 23.5. The van der Waals surface area contributed by atoms with E-state index in [9.17, 15) is 4.79 Å². The number of nitrogens with zero attached hydrogens (tertiary/aromatic N) is 4. The molecule has 0 saturated heterocycles. The van der Waals surface area contributed by atoms with E-state index in [0.717, 1.165) is 11.4 Å². The zero-order valence-electron chi connectivity index (χ0n) is 8.85. The number of hydrogen-bond donors (Lipinski definition) is 2. The summed E-state index contributed by atoms with van der Waals surface area (Å²) in [5, 5.41) is 8.57. The van der Waals surface area contributed by atoms with Crippen LogP contribution in [-0.4, -0.2) is 31.1 Å². The molecule has 0 aliphatic heterocycles. The molecule has 0 bridgehead atoms. The fourth-order valence-electron chi connectivity index (χ4n) is 1.26. The summed E-state index contributed by atoms with van der Waals surface area (Å²) in [6, 6.07) is 1.82. The van der Waals surface area contributed by atoms with Crippen molar-refractivity contribution < 1.29 is 4.79 Å². The molecule has 0 spiro atoms. The Morgan fingerprint density at radius 2 is 2.00 bits per heavy atom. The Balaban J connectivity index is 2.18. The lowest BCUT2D eigenvalue weighted by Crippen LogP contribution is -2.16. The monoisotopic (exact) mass is 218 g/mol. The van der Waals surface area contributed by atoms with E-state index in [1.54, 1.807) is 0 Å². The molecule has 0 saturated carbocycles. The molecule has 2 N–H and O–H groups in total. The minimum atomic E-state index is -0.414. The van der Waals surface area contributed by atoms with Crippen LogP contribution in [0.25, 0.3) is 0 Å². The van der Waals surface area contributed by atoms with Crippen LogP contribution in [0.15, 0.2) is 12.4 Å². The van der Waals surface area contributed by atoms with Gasteiger partial charge in [-0.2, -0.15) is 5.10 Å². The molecular formula is C9H10N6O. The minimum Gasteiger partial charge on any atom is -0.288 e. The molecule has 0 aromatic carbocycles. The Kier molecular flexibility index (Phi) is 2.59. The number of H-pyrrole nitrogens is 1. The van der Waals surface area contributed by atoms with Crippen molar-refractivity contribution in [2.75, 3.05) is 5.32 Å². The standard InChI is InChI=1S/C9H10N6O/c1-5-3-6(2)13-9(12-5)14-8(16)7-10-4-11-15-7/h3-4H,1-2H3,(H,10,11,15)(H,12,13,14,16). The van der Waals surface area contributed by atoms with Crippen LogP contribution >= 0.6 is 0 Å². The van der Waals surface area contributed by atoms with E-state index >= 15 is 0 Å². The van der Waals surface area contributed by atoms with Crippen LogP contribution < -0.4 is 5.32 Å². The minimum absolute atomic E-state index is 0.128. The van der Waals surface area contributed by atoms with Crippen molar-refractivity contribution in [1.29, 1.82) is 0 Å². The van der Waals surface area contributed by atoms with Crippen molar-refractivity contribution in [3.63, 3.8) is 0 Å². The number of anilines is 1. The lowest BCUT2D eigenvalue weighted by molar-refractivity contribution is 0.101. The Morgan fingerprint density at radius 1 is 1.31 bits per heavy atom. The first-order chi connectivity index (χ1) is 7.65. The molecule has 16 heavy (non-hydrogen) atoms. The molecule has 0 aliphatic carbocycles. The second-order valence-corrected chi connectivity index (χ2v) is 3.26. The quantitative estimate of drug-likeness (QED) is 0.763. The number of aryl methyl sites for hydroxylation is 2. The summed E-state index contributed by atoms with van der Waals surface area (Å²) in [6.45, 7) is 3.66. The van der Waals surface area contributed by atoms with Crippen LogP contribution in [0.3, 0.4) is 0 Å². The Hall–Kier alpha value is -2.31. The molecule has 2 heterocycles. The fourth-order valence-corrected chi connectivity index (χ4v) is 1.26. The molecule has 0 radical (unpaired) electrons. The topological polar surface area (TPSA) is 96.5 Å². The van der Waals surface area contributed by atoms with Gasteiger partial charge in [-0.1, -0.05) is 0 Å². The molecule has 0 aliphatic rings. The number of aromatic amines is 1. The molecule has 0 atom stereocenters. The largest absolute Gasteiger partial charge is 0.295 e. The highest BCUT2D eigenvalue weighted by atomic mass is 16.2. The first-order valence-electron chi connectivity index (χ1n) is 4.64. The van der Waals surface area contributed by atoms with Gasteiger partial charge in [-0.05, 0) is 19.9 Å². The second kappa shape index (κ2) is 4.05. The third kappa shape index (κ3) is 2.19. The van der Waals surface area contributed by atoms with Gasteiger partial charge in [0, 0.05) is 11.4 Å². The van der Waals surface area contributed by atoms with Crippen molar-refractivity contribution in [1.82, 2.24) is 25.1 Å². The van der Waals surface area contributed by atoms with Crippen molar-refractivity contribution >= 4 is 11.9 Å². The summed E-state index contributed by atoms with van der Waals surface area (Å²) >= 11 is 0. The van der Waals surface area contributed by atoms with E-state index in [2.05, 4.69) is 30.5 Å². The normalized spacial score (nSPS) is 10.1. The Bertz CT molecular complexity index is 486. The fraction of sp³-hybridized carbons (Fsp3) is 0.222. The first-order valence-corrected chi connectivity index (χ1v) is 4.64. The predicted octanol–water partition coefficient (Wildman–Crippen LogP) is 0.464. The second-order valence-electron chi connectivity index (χ2n) is 3.26. The maximum absolute atomic E-state index is 11.6. The van der Waals surface area contributed by atoms with E-state index in [-0.39, 0.29) is 11.8 Å². The van der Waals surface area contributed by atoms with Crippen molar-refractivity contribution in [3.05, 3.63) is 29.6 Å². The number of amides is 1. The van der Waals surface area contributed by atoms with Gasteiger partial charge < -0.3 is 0 Å². The highest BCUT2D eigenvalue weighted by molar-refractivity contribution is 6.00. The molecular weight excluding hydrogens is 208 g/mol. The van der Waals surface area contributed by atoms with Crippen LogP contribution in [0.5, 0.6) is 0 Å². The van der Waals surface area contributed by atoms with E-state index in [1.807, 2.05) is 19.9 Å². The third-order valence-corrected chi connectivity index (χ3v) is 1.84. The van der Waals surface area contributed by atoms with Gasteiger partial charge in [-0.25, -0.2) is 15.0 Å². The van der Waals surface area contributed by atoms with Crippen molar-refractivity contribution in [2.45, 2.75) is 13.8 Å². The molecule has 0 fully saturated rings. The molecule has 7 nitrogen and oxygen atoms in total. The first kappa shape index (κ1) is 10.2. The van der Waals surface area contributed by atoms with Gasteiger partial charge in [0.1, 0.15) is 6.33 Å². The van der Waals surface area contributed by atoms with Gasteiger partial charge in [0.15, 0.2) is 0 Å². The lowest BCUT2D eigenvalue weighted by atomic mass is 10.4. The maximum atomic E-state index is 11.6. The maximum Gasteiger partial charge on any atom is 0.295 e. The van der Waals surface area contributed by atoms with Gasteiger partial charge in [0.2, 0.25) is 11.8 Å². The Morgan fingerprint density at radius 3 is 2.56 bits per heavy atom. The molecule has 2 aromatic heterocycles. The number of carbonyl (C=O) groups is 1. The average Bonchev–Trinajstić information content (AvgIpc) is 2.68. The smallest absolute Gasteiger partial charge is 0.288 e. The van der Waals surface area contributed by atoms with Gasteiger partial charge in [0.05, 0.1) is 0 Å². The average molecular weight is 218 g/mol. The zero-order chi connectivity index (χ0) is 11.5. The zero-order valence-corrected chi connectivity index (χ0v) is 8.85. The summed E-state index contributed by atoms with van der Waals surface area (Å²) < 4.78 is 0. The number of hydrogen-bond acceptors (Lipinski definition) is 5. The SMILES string of the molecule is Cc1cc(C)nc(NC(=O)c2ncn[nH]2)n1. The molecule has 2 rings (SSSR count). The molecule has 0 unspecified atom stereocenters. The number of aromatic nitrogens is 5. The third-order valence-electron chi connectivity index (χ3n) is 1.84. The van der Waals surface area contributed by atoms with Crippen LogP contribution in [0.2, 0.25) is 0 Å². The van der Waals surface area contributed by atoms with E-state index in [1.165, 1.54) is 6.33 Å². The van der Waals surface area contributed by atoms with Gasteiger partial charge >= 0.3 is 0 Å². The molecule has 82 valence electrons. The van der Waals surface area contributed by atoms with E-state index in [4.69, 9.17) is 0 Å². The van der Waals surface area contributed by atoms with Crippen LogP contribution in [0.1, 0.15) is 22.0 Å². The lowest BCUT2D eigenvalue weighted by Gasteiger charge is -2.03. The summed E-state index contributed by atoms with van der Waals surface area (Å²) in [5.41, 5.74) is 1.58. The highest BCUT2D eigenvalue weighted by Crippen LogP contribution is 2.04. The van der Waals surface area contributed by atoms with E-state index < -0.39 is 5.91 Å². The van der Waals surface area contributed by atoms with Crippen LogP contribution in [0.4, 0.5) is 5.95 Å². The van der Waals surface area contributed by atoms with Crippen molar-refractivity contribution in [3.8, 4) is 0 Å². The molecule has 7 heteroatoms.